The van der Waals surface area contributed by atoms with Crippen molar-refractivity contribution in [1.82, 2.24) is 20.5 Å². The van der Waals surface area contributed by atoms with E-state index in [0.717, 1.165) is 37.8 Å². The fourth-order valence-corrected chi connectivity index (χ4v) is 3.51. The summed E-state index contributed by atoms with van der Waals surface area (Å²) in [4.78, 5) is 11.2. The molecule has 0 amide bonds. The van der Waals surface area contributed by atoms with Crippen LogP contribution in [0.25, 0.3) is 0 Å². The van der Waals surface area contributed by atoms with Crippen molar-refractivity contribution in [3.8, 4) is 5.75 Å². The molecule has 1 fully saturated rings. The Balaban J connectivity index is 0.00000300. The van der Waals surface area contributed by atoms with Gasteiger partial charge in [-0.2, -0.15) is 0 Å². The van der Waals surface area contributed by atoms with Gasteiger partial charge >= 0.3 is 0 Å². The van der Waals surface area contributed by atoms with E-state index in [1.54, 1.807) is 12.4 Å². The second kappa shape index (κ2) is 12.6. The van der Waals surface area contributed by atoms with Crippen molar-refractivity contribution in [3.05, 3.63) is 60.4 Å². The number of hydrogen-bond acceptors (Lipinski definition) is 4. The number of benzene rings is 1. The molecule has 7 heteroatoms. The quantitative estimate of drug-likeness (QED) is 0.248. The molecule has 1 aliphatic rings. The third kappa shape index (κ3) is 7.81. The van der Waals surface area contributed by atoms with Gasteiger partial charge in [0, 0.05) is 37.9 Å². The first-order chi connectivity index (χ1) is 13.7. The van der Waals surface area contributed by atoms with Crippen LogP contribution in [-0.4, -0.2) is 54.2 Å². The standard InChI is InChI=1S/C22H31N5O.HI/c1-3-24-22(25-12-13-28-21-10-7-11-23-15-21)26-20-14-18(2)27(17-20)16-19-8-5-4-6-9-19;/h4-11,15,18,20H,3,12-14,16-17H2,1-2H3,(H2,24,25,26);1H. The van der Waals surface area contributed by atoms with E-state index >= 15 is 0 Å². The Morgan fingerprint density at radius 2 is 2.07 bits per heavy atom. The van der Waals surface area contributed by atoms with E-state index in [2.05, 4.69) is 69.7 Å². The highest BCUT2D eigenvalue weighted by Gasteiger charge is 2.29. The number of rotatable bonds is 8. The van der Waals surface area contributed by atoms with Crippen molar-refractivity contribution < 1.29 is 4.74 Å². The maximum atomic E-state index is 5.67. The summed E-state index contributed by atoms with van der Waals surface area (Å²) in [6.45, 7) is 8.37. The van der Waals surface area contributed by atoms with Gasteiger partial charge in [0.25, 0.3) is 0 Å². The number of halogens is 1. The lowest BCUT2D eigenvalue weighted by Gasteiger charge is -2.21. The second-order valence-electron chi connectivity index (χ2n) is 7.14. The van der Waals surface area contributed by atoms with Gasteiger partial charge in [0.2, 0.25) is 0 Å². The zero-order valence-corrected chi connectivity index (χ0v) is 19.6. The zero-order valence-electron chi connectivity index (χ0n) is 17.3. The van der Waals surface area contributed by atoms with Crippen LogP contribution in [-0.2, 0) is 6.54 Å². The predicted molar refractivity (Wildman–Crippen MR) is 129 cm³/mol. The van der Waals surface area contributed by atoms with Crippen molar-refractivity contribution in [2.24, 2.45) is 4.99 Å². The summed E-state index contributed by atoms with van der Waals surface area (Å²) in [5.74, 6) is 1.63. The Bertz CT molecular complexity index is 728. The molecule has 0 bridgehead atoms. The van der Waals surface area contributed by atoms with Crippen molar-refractivity contribution in [2.45, 2.75) is 38.9 Å². The Labute approximate surface area is 191 Å². The van der Waals surface area contributed by atoms with Gasteiger partial charge in [-0.15, -0.1) is 24.0 Å². The maximum absolute atomic E-state index is 5.67. The molecule has 2 heterocycles. The van der Waals surface area contributed by atoms with Gasteiger partial charge < -0.3 is 15.4 Å². The molecule has 2 atom stereocenters. The summed E-state index contributed by atoms with van der Waals surface area (Å²) in [6, 6.07) is 15.4. The molecule has 1 saturated heterocycles. The van der Waals surface area contributed by atoms with E-state index < -0.39 is 0 Å². The van der Waals surface area contributed by atoms with Gasteiger partial charge in [0.1, 0.15) is 12.4 Å². The first-order valence-electron chi connectivity index (χ1n) is 10.1. The van der Waals surface area contributed by atoms with Crippen LogP contribution in [0.4, 0.5) is 0 Å². The van der Waals surface area contributed by atoms with Crippen LogP contribution in [0.1, 0.15) is 25.8 Å². The Kier molecular flexibility index (Phi) is 10.2. The van der Waals surface area contributed by atoms with Crippen molar-refractivity contribution in [2.75, 3.05) is 26.2 Å². The van der Waals surface area contributed by atoms with Gasteiger partial charge in [-0.25, -0.2) is 4.99 Å². The molecular formula is C22H32IN5O. The normalized spacial score (nSPS) is 19.4. The number of nitrogens with one attached hydrogen (secondary N) is 2. The molecule has 29 heavy (non-hydrogen) atoms. The summed E-state index contributed by atoms with van der Waals surface area (Å²) in [7, 11) is 0. The fourth-order valence-electron chi connectivity index (χ4n) is 3.51. The zero-order chi connectivity index (χ0) is 19.6. The first kappa shape index (κ1) is 23.4. The highest BCUT2D eigenvalue weighted by molar-refractivity contribution is 14.0. The van der Waals surface area contributed by atoms with Gasteiger partial charge in [-0.3, -0.25) is 9.88 Å². The maximum Gasteiger partial charge on any atom is 0.191 e. The van der Waals surface area contributed by atoms with Gasteiger partial charge in [-0.1, -0.05) is 30.3 Å². The third-order valence-electron chi connectivity index (χ3n) is 4.88. The fraction of sp³-hybridized carbons (Fsp3) is 0.455. The van der Waals surface area contributed by atoms with E-state index in [0.29, 0.717) is 25.2 Å². The highest BCUT2D eigenvalue weighted by atomic mass is 127. The lowest BCUT2D eigenvalue weighted by atomic mass is 10.2. The number of hydrogen-bond donors (Lipinski definition) is 2. The molecule has 1 aliphatic heterocycles. The summed E-state index contributed by atoms with van der Waals surface area (Å²) in [6.07, 6.45) is 4.57. The molecular weight excluding hydrogens is 477 g/mol. The molecule has 0 radical (unpaired) electrons. The molecule has 0 spiro atoms. The van der Waals surface area contributed by atoms with Crippen LogP contribution in [0.15, 0.2) is 59.9 Å². The number of likely N-dealkylation sites (tertiary alicyclic amines) is 1. The summed E-state index contributed by atoms with van der Waals surface area (Å²) in [5.41, 5.74) is 1.36. The number of pyridine rings is 1. The van der Waals surface area contributed by atoms with E-state index in [1.165, 1.54) is 5.56 Å². The molecule has 2 unspecified atom stereocenters. The molecule has 2 aromatic rings. The third-order valence-corrected chi connectivity index (χ3v) is 4.88. The van der Waals surface area contributed by atoms with Crippen molar-refractivity contribution in [1.29, 1.82) is 0 Å². The minimum Gasteiger partial charge on any atom is -0.490 e. The van der Waals surface area contributed by atoms with Crippen LogP contribution in [0, 0.1) is 0 Å². The van der Waals surface area contributed by atoms with E-state index in [-0.39, 0.29) is 24.0 Å². The van der Waals surface area contributed by atoms with E-state index in [9.17, 15) is 0 Å². The van der Waals surface area contributed by atoms with Gasteiger partial charge in [-0.05, 0) is 38.0 Å². The molecule has 158 valence electrons. The molecule has 1 aromatic carbocycles. The summed E-state index contributed by atoms with van der Waals surface area (Å²) >= 11 is 0. The molecule has 2 N–H and O–H groups in total. The summed E-state index contributed by atoms with van der Waals surface area (Å²) in [5, 5.41) is 6.93. The molecule has 0 saturated carbocycles. The highest BCUT2D eigenvalue weighted by Crippen LogP contribution is 2.20. The first-order valence-corrected chi connectivity index (χ1v) is 10.1. The Morgan fingerprint density at radius 1 is 1.24 bits per heavy atom. The predicted octanol–water partition coefficient (Wildman–Crippen LogP) is 3.30. The Morgan fingerprint density at radius 3 is 2.79 bits per heavy atom. The minimum atomic E-state index is 0. The van der Waals surface area contributed by atoms with Crippen LogP contribution in [0.2, 0.25) is 0 Å². The molecule has 3 rings (SSSR count). The number of aromatic nitrogens is 1. The molecule has 0 aliphatic carbocycles. The smallest absolute Gasteiger partial charge is 0.191 e. The number of guanidine groups is 1. The van der Waals surface area contributed by atoms with Crippen molar-refractivity contribution >= 4 is 29.9 Å². The number of aliphatic imine (C=N–C) groups is 1. The van der Waals surface area contributed by atoms with Crippen LogP contribution >= 0.6 is 24.0 Å². The topological polar surface area (TPSA) is 61.8 Å². The Hall–Kier alpha value is -1.87. The van der Waals surface area contributed by atoms with E-state index in [4.69, 9.17) is 4.74 Å². The number of nitrogens with zero attached hydrogens (tertiary/aromatic N) is 3. The molecule has 6 nitrogen and oxygen atoms in total. The average molecular weight is 509 g/mol. The van der Waals surface area contributed by atoms with Crippen LogP contribution < -0.4 is 15.4 Å². The summed E-state index contributed by atoms with van der Waals surface area (Å²) < 4.78 is 5.67. The van der Waals surface area contributed by atoms with Gasteiger partial charge in [0.05, 0.1) is 12.7 Å². The minimum absolute atomic E-state index is 0. The lowest BCUT2D eigenvalue weighted by Crippen LogP contribution is -2.44. The second-order valence-corrected chi connectivity index (χ2v) is 7.14. The number of ether oxygens (including phenoxy) is 1. The average Bonchev–Trinajstić information content (AvgIpc) is 3.05. The monoisotopic (exact) mass is 509 g/mol. The lowest BCUT2D eigenvalue weighted by molar-refractivity contribution is 0.258. The SMILES string of the molecule is CCNC(=NCCOc1cccnc1)NC1CC(C)N(Cc2ccccc2)C1.I. The van der Waals surface area contributed by atoms with Gasteiger partial charge in [0.15, 0.2) is 5.96 Å². The van der Waals surface area contributed by atoms with Crippen LogP contribution in [0.3, 0.4) is 0 Å². The van der Waals surface area contributed by atoms with Crippen molar-refractivity contribution in [3.63, 3.8) is 0 Å². The van der Waals surface area contributed by atoms with Crippen LogP contribution in [0.5, 0.6) is 5.75 Å². The largest absolute Gasteiger partial charge is 0.490 e. The molecule has 1 aromatic heterocycles. The van der Waals surface area contributed by atoms with E-state index in [1.807, 2.05) is 12.1 Å².